The zero-order valence-electron chi connectivity index (χ0n) is 15.4. The molecule has 1 amide bonds. The minimum Gasteiger partial charge on any atom is -0.391 e. The Morgan fingerprint density at radius 2 is 2.00 bits per heavy atom. The van der Waals surface area contributed by atoms with Crippen LogP contribution in [0.2, 0.25) is 0 Å². The van der Waals surface area contributed by atoms with Gasteiger partial charge in [-0.3, -0.25) is 4.79 Å². The molecule has 2 atom stereocenters. The summed E-state index contributed by atoms with van der Waals surface area (Å²) in [5.74, 6) is -0.0996. The standard InChI is InChI=1S/C19H26N4O2.ClH/c1-19(2,3)17-15(12-23(22-17)14-7-5-4-6-8-14)18(25)21-10-13-9-20-11-16(13)24;/h4-8,12-13,16,20,24H,9-11H2,1-3H3,(H,21,25);1H. The summed E-state index contributed by atoms with van der Waals surface area (Å²) in [5.41, 5.74) is 2.01. The van der Waals surface area contributed by atoms with Gasteiger partial charge in [-0.05, 0) is 12.1 Å². The minimum absolute atomic E-state index is 0. The van der Waals surface area contributed by atoms with Gasteiger partial charge in [0.15, 0.2) is 0 Å². The molecule has 1 aliphatic heterocycles. The molecule has 3 N–H and O–H groups in total. The summed E-state index contributed by atoms with van der Waals surface area (Å²) < 4.78 is 1.75. The van der Waals surface area contributed by atoms with E-state index in [2.05, 4.69) is 15.7 Å². The van der Waals surface area contributed by atoms with E-state index < -0.39 is 6.10 Å². The van der Waals surface area contributed by atoms with E-state index in [1.54, 1.807) is 10.9 Å². The normalized spacial score (nSPS) is 19.8. The second-order valence-electron chi connectivity index (χ2n) is 7.62. The van der Waals surface area contributed by atoms with Gasteiger partial charge in [-0.25, -0.2) is 4.68 Å². The van der Waals surface area contributed by atoms with Crippen molar-refractivity contribution in [3.05, 3.63) is 47.8 Å². The second kappa shape index (κ2) is 8.20. The summed E-state index contributed by atoms with van der Waals surface area (Å²) in [5, 5.41) is 20.6. The summed E-state index contributed by atoms with van der Waals surface area (Å²) in [4.78, 5) is 12.8. The van der Waals surface area contributed by atoms with Gasteiger partial charge in [0.1, 0.15) is 0 Å². The maximum Gasteiger partial charge on any atom is 0.254 e. The number of aliphatic hydroxyl groups is 1. The van der Waals surface area contributed by atoms with Crippen molar-refractivity contribution in [2.24, 2.45) is 5.92 Å². The van der Waals surface area contributed by atoms with E-state index in [1.165, 1.54) is 0 Å². The second-order valence-corrected chi connectivity index (χ2v) is 7.62. The first kappa shape index (κ1) is 20.4. The third-order valence-corrected chi connectivity index (χ3v) is 4.52. The van der Waals surface area contributed by atoms with Gasteiger partial charge in [-0.1, -0.05) is 39.0 Å². The number of aromatic nitrogens is 2. The molecule has 7 heteroatoms. The zero-order valence-corrected chi connectivity index (χ0v) is 16.2. The number of nitrogens with one attached hydrogen (secondary N) is 2. The van der Waals surface area contributed by atoms with Crippen molar-refractivity contribution in [3.63, 3.8) is 0 Å². The predicted molar refractivity (Wildman–Crippen MR) is 104 cm³/mol. The summed E-state index contributed by atoms with van der Waals surface area (Å²) in [6.45, 7) is 7.90. The van der Waals surface area contributed by atoms with Crippen LogP contribution in [0.1, 0.15) is 36.8 Å². The molecule has 2 unspecified atom stereocenters. The zero-order chi connectivity index (χ0) is 18.0. The third-order valence-electron chi connectivity index (χ3n) is 4.52. The lowest BCUT2D eigenvalue weighted by molar-refractivity contribution is 0.0925. The van der Waals surface area contributed by atoms with Gasteiger partial charge >= 0.3 is 0 Å². The highest BCUT2D eigenvalue weighted by Gasteiger charge is 2.29. The fraction of sp³-hybridized carbons (Fsp3) is 0.474. The lowest BCUT2D eigenvalue weighted by Crippen LogP contribution is -2.35. The number of carbonyl (C=O) groups is 1. The summed E-state index contributed by atoms with van der Waals surface area (Å²) >= 11 is 0. The van der Waals surface area contributed by atoms with Crippen LogP contribution in [0.4, 0.5) is 0 Å². The first-order chi connectivity index (χ1) is 11.9. The van der Waals surface area contributed by atoms with Crippen LogP contribution in [0.5, 0.6) is 0 Å². The molecule has 0 spiro atoms. The molecule has 0 bridgehead atoms. The number of β-amino-alcohol motifs (C(OH)–C–C–N with tert-alkyl or cyclic N) is 1. The van der Waals surface area contributed by atoms with Crippen molar-refractivity contribution >= 4 is 18.3 Å². The van der Waals surface area contributed by atoms with E-state index in [9.17, 15) is 9.90 Å². The molecule has 6 nitrogen and oxygen atoms in total. The Bertz CT molecular complexity index is 740. The molecule has 1 aromatic heterocycles. The van der Waals surface area contributed by atoms with E-state index in [4.69, 9.17) is 0 Å². The molecule has 142 valence electrons. The lowest BCUT2D eigenvalue weighted by Gasteiger charge is -2.18. The average molecular weight is 379 g/mol. The van der Waals surface area contributed by atoms with Crippen molar-refractivity contribution in [1.82, 2.24) is 20.4 Å². The lowest BCUT2D eigenvalue weighted by atomic mass is 9.89. The molecule has 2 aromatic rings. The molecule has 0 aliphatic carbocycles. The van der Waals surface area contributed by atoms with E-state index in [0.717, 1.165) is 17.9 Å². The topological polar surface area (TPSA) is 79.2 Å². The molecule has 26 heavy (non-hydrogen) atoms. The van der Waals surface area contributed by atoms with Crippen LogP contribution >= 0.6 is 12.4 Å². The van der Waals surface area contributed by atoms with Crippen molar-refractivity contribution in [2.75, 3.05) is 19.6 Å². The van der Waals surface area contributed by atoms with Gasteiger partial charge in [-0.2, -0.15) is 5.10 Å². The number of hydrogen-bond acceptors (Lipinski definition) is 4. The Labute approximate surface area is 160 Å². The van der Waals surface area contributed by atoms with E-state index in [-0.39, 0.29) is 29.6 Å². The molecule has 1 fully saturated rings. The Kier molecular flexibility index (Phi) is 6.44. The molecule has 0 saturated carbocycles. The number of carbonyl (C=O) groups excluding carboxylic acids is 1. The van der Waals surface area contributed by atoms with Crippen molar-refractivity contribution in [3.8, 4) is 5.69 Å². The number of nitrogens with zero attached hydrogens (tertiary/aromatic N) is 2. The quantitative estimate of drug-likeness (QED) is 0.759. The van der Waals surface area contributed by atoms with Gasteiger partial charge in [0.2, 0.25) is 0 Å². The minimum atomic E-state index is -0.408. The number of hydrogen-bond donors (Lipinski definition) is 3. The summed E-state index contributed by atoms with van der Waals surface area (Å²) in [6, 6.07) is 9.76. The SMILES string of the molecule is CC(C)(C)c1nn(-c2ccccc2)cc1C(=O)NCC1CNCC1O.Cl. The molecule has 0 radical (unpaired) electrons. The van der Waals surface area contributed by atoms with Crippen LogP contribution in [0, 0.1) is 5.92 Å². The van der Waals surface area contributed by atoms with Crippen LogP contribution in [0.15, 0.2) is 36.5 Å². The Morgan fingerprint density at radius 3 is 2.58 bits per heavy atom. The maximum atomic E-state index is 12.8. The largest absolute Gasteiger partial charge is 0.391 e. The number of aliphatic hydroxyl groups excluding tert-OH is 1. The molecule has 3 rings (SSSR count). The highest BCUT2D eigenvalue weighted by Crippen LogP contribution is 2.25. The summed E-state index contributed by atoms with van der Waals surface area (Å²) in [7, 11) is 0. The van der Waals surface area contributed by atoms with Crippen molar-refractivity contribution < 1.29 is 9.90 Å². The van der Waals surface area contributed by atoms with Crippen LogP contribution in [0.25, 0.3) is 5.69 Å². The van der Waals surface area contributed by atoms with Gasteiger partial charge in [0, 0.05) is 37.2 Å². The smallest absolute Gasteiger partial charge is 0.254 e. The maximum absolute atomic E-state index is 12.8. The van der Waals surface area contributed by atoms with Gasteiger partial charge in [0.05, 0.1) is 23.0 Å². The Balaban J connectivity index is 0.00000243. The van der Waals surface area contributed by atoms with Gasteiger partial charge in [-0.15, -0.1) is 12.4 Å². The highest BCUT2D eigenvalue weighted by atomic mass is 35.5. The molecular weight excluding hydrogens is 352 g/mol. The number of rotatable bonds is 4. The first-order valence-corrected chi connectivity index (χ1v) is 8.69. The first-order valence-electron chi connectivity index (χ1n) is 8.69. The van der Waals surface area contributed by atoms with Crippen LogP contribution in [-0.4, -0.2) is 46.5 Å². The molecule has 1 saturated heterocycles. The van der Waals surface area contributed by atoms with Crippen molar-refractivity contribution in [1.29, 1.82) is 0 Å². The van der Waals surface area contributed by atoms with Crippen molar-refractivity contribution in [2.45, 2.75) is 32.3 Å². The Hall–Kier alpha value is -1.89. The van der Waals surface area contributed by atoms with E-state index in [1.807, 2.05) is 51.1 Å². The summed E-state index contributed by atoms with van der Waals surface area (Å²) in [6.07, 6.45) is 1.38. The predicted octanol–water partition coefficient (Wildman–Crippen LogP) is 1.90. The number of amides is 1. The number of benzene rings is 1. The molecule has 2 heterocycles. The monoisotopic (exact) mass is 378 g/mol. The fourth-order valence-electron chi connectivity index (χ4n) is 3.05. The highest BCUT2D eigenvalue weighted by molar-refractivity contribution is 5.95. The molecular formula is C19H27ClN4O2. The number of para-hydroxylation sites is 1. The van der Waals surface area contributed by atoms with Gasteiger partial charge < -0.3 is 15.7 Å². The molecule has 1 aromatic carbocycles. The number of halogens is 1. The fourth-order valence-corrected chi connectivity index (χ4v) is 3.05. The van der Waals surface area contributed by atoms with E-state index >= 15 is 0 Å². The Morgan fingerprint density at radius 1 is 1.31 bits per heavy atom. The molecule has 1 aliphatic rings. The van der Waals surface area contributed by atoms with E-state index in [0.29, 0.717) is 18.7 Å². The van der Waals surface area contributed by atoms with Crippen LogP contribution < -0.4 is 10.6 Å². The van der Waals surface area contributed by atoms with Gasteiger partial charge in [0.25, 0.3) is 5.91 Å². The van der Waals surface area contributed by atoms with Crippen LogP contribution in [-0.2, 0) is 5.41 Å². The average Bonchev–Trinajstić information content (AvgIpc) is 3.20. The van der Waals surface area contributed by atoms with Crippen LogP contribution in [0.3, 0.4) is 0 Å². The third kappa shape index (κ3) is 4.44.